The van der Waals surface area contributed by atoms with Gasteiger partial charge in [-0.2, -0.15) is 0 Å². The molecule has 5 heteroatoms. The number of likely N-dealkylation sites (tertiary alicyclic amines) is 1. The van der Waals surface area contributed by atoms with Crippen LogP contribution in [0.4, 0.5) is 0 Å². The molecule has 2 amide bonds. The van der Waals surface area contributed by atoms with E-state index in [9.17, 15) is 9.59 Å². The van der Waals surface area contributed by atoms with E-state index < -0.39 is 0 Å². The zero-order chi connectivity index (χ0) is 11.5. The lowest BCUT2D eigenvalue weighted by atomic mass is 10.1. The molecule has 5 nitrogen and oxygen atoms in total. The van der Waals surface area contributed by atoms with Gasteiger partial charge in [0.1, 0.15) is 0 Å². The van der Waals surface area contributed by atoms with Gasteiger partial charge in [0.25, 0.3) is 0 Å². The molecule has 0 unspecified atom stereocenters. The van der Waals surface area contributed by atoms with Crippen molar-refractivity contribution in [2.75, 3.05) is 32.7 Å². The number of hydrogen-bond donors (Lipinski definition) is 1. The molecule has 0 atom stereocenters. The SMILES string of the molecule is CCN(CCN1C(=O)CCC1=O)C1CNC1. The number of likely N-dealkylation sites (N-methyl/N-ethyl adjacent to an activating group) is 1. The summed E-state index contributed by atoms with van der Waals surface area (Å²) in [5.41, 5.74) is 0. The van der Waals surface area contributed by atoms with Crippen LogP contribution in [0.5, 0.6) is 0 Å². The first-order valence-corrected chi connectivity index (χ1v) is 6.00. The molecule has 0 aromatic rings. The monoisotopic (exact) mass is 225 g/mol. The number of rotatable bonds is 5. The van der Waals surface area contributed by atoms with Gasteiger partial charge in [0, 0.05) is 45.1 Å². The average Bonchev–Trinajstić information content (AvgIpc) is 2.51. The standard InChI is InChI=1S/C11H19N3O2/c1-2-13(9-7-12-8-9)5-6-14-10(15)3-4-11(14)16/h9,12H,2-8H2,1H3. The Balaban J connectivity index is 1.80. The van der Waals surface area contributed by atoms with Crippen LogP contribution in [0.25, 0.3) is 0 Å². The van der Waals surface area contributed by atoms with Crippen molar-refractivity contribution in [1.29, 1.82) is 0 Å². The number of amides is 2. The van der Waals surface area contributed by atoms with E-state index in [1.165, 1.54) is 4.90 Å². The molecule has 0 aromatic heterocycles. The second-order valence-corrected chi connectivity index (χ2v) is 4.38. The molecule has 2 heterocycles. The van der Waals surface area contributed by atoms with Crippen molar-refractivity contribution in [3.63, 3.8) is 0 Å². The van der Waals surface area contributed by atoms with E-state index in [0.717, 1.165) is 26.2 Å². The van der Waals surface area contributed by atoms with E-state index in [-0.39, 0.29) is 11.8 Å². The second-order valence-electron chi connectivity index (χ2n) is 4.38. The summed E-state index contributed by atoms with van der Waals surface area (Å²) in [6, 6.07) is 0.581. The summed E-state index contributed by atoms with van der Waals surface area (Å²) in [5.74, 6) is -0.0134. The van der Waals surface area contributed by atoms with Gasteiger partial charge >= 0.3 is 0 Å². The third-order valence-corrected chi connectivity index (χ3v) is 3.45. The molecule has 90 valence electrons. The van der Waals surface area contributed by atoms with E-state index in [4.69, 9.17) is 0 Å². The van der Waals surface area contributed by atoms with Crippen molar-refractivity contribution in [2.45, 2.75) is 25.8 Å². The van der Waals surface area contributed by atoms with Gasteiger partial charge in [-0.25, -0.2) is 0 Å². The lowest BCUT2D eigenvalue weighted by molar-refractivity contribution is -0.138. The van der Waals surface area contributed by atoms with Crippen molar-refractivity contribution in [3.8, 4) is 0 Å². The highest BCUT2D eigenvalue weighted by Gasteiger charge is 2.30. The second kappa shape index (κ2) is 4.93. The Morgan fingerprint density at radius 3 is 2.38 bits per heavy atom. The Labute approximate surface area is 95.8 Å². The van der Waals surface area contributed by atoms with Crippen LogP contribution in [-0.2, 0) is 9.59 Å². The molecular formula is C11H19N3O2. The van der Waals surface area contributed by atoms with Crippen molar-refractivity contribution in [1.82, 2.24) is 15.1 Å². The summed E-state index contributed by atoms with van der Waals surface area (Å²) in [4.78, 5) is 26.6. The molecule has 2 fully saturated rings. The van der Waals surface area contributed by atoms with Crippen molar-refractivity contribution in [3.05, 3.63) is 0 Å². The van der Waals surface area contributed by atoms with Crippen LogP contribution < -0.4 is 5.32 Å². The lowest BCUT2D eigenvalue weighted by Crippen LogP contribution is -2.58. The fraction of sp³-hybridized carbons (Fsp3) is 0.818. The first kappa shape index (κ1) is 11.5. The number of hydrogen-bond acceptors (Lipinski definition) is 4. The summed E-state index contributed by atoms with van der Waals surface area (Å²) >= 11 is 0. The van der Waals surface area contributed by atoms with Crippen LogP contribution in [0.1, 0.15) is 19.8 Å². The summed E-state index contributed by atoms with van der Waals surface area (Å²) < 4.78 is 0. The minimum Gasteiger partial charge on any atom is -0.314 e. The minimum absolute atomic E-state index is 0.00668. The van der Waals surface area contributed by atoms with E-state index in [1.807, 2.05) is 0 Å². The average molecular weight is 225 g/mol. The van der Waals surface area contributed by atoms with Crippen LogP contribution in [0.15, 0.2) is 0 Å². The van der Waals surface area contributed by atoms with E-state index in [0.29, 0.717) is 25.4 Å². The summed E-state index contributed by atoms with van der Waals surface area (Å²) in [6.45, 7) is 6.50. The molecule has 0 radical (unpaired) electrons. The van der Waals surface area contributed by atoms with Gasteiger partial charge in [0.15, 0.2) is 0 Å². The predicted molar refractivity (Wildman–Crippen MR) is 59.9 cm³/mol. The van der Waals surface area contributed by atoms with Crippen LogP contribution >= 0.6 is 0 Å². The van der Waals surface area contributed by atoms with E-state index >= 15 is 0 Å². The van der Waals surface area contributed by atoms with Gasteiger partial charge in [-0.05, 0) is 6.54 Å². The highest BCUT2D eigenvalue weighted by atomic mass is 16.2. The van der Waals surface area contributed by atoms with Gasteiger partial charge in [-0.15, -0.1) is 0 Å². The Morgan fingerprint density at radius 1 is 1.31 bits per heavy atom. The van der Waals surface area contributed by atoms with Gasteiger partial charge < -0.3 is 5.32 Å². The summed E-state index contributed by atoms with van der Waals surface area (Å²) in [5, 5.41) is 3.23. The molecule has 2 aliphatic heterocycles. The van der Waals surface area contributed by atoms with Crippen LogP contribution in [0, 0.1) is 0 Å². The third-order valence-electron chi connectivity index (χ3n) is 3.45. The topological polar surface area (TPSA) is 52.7 Å². The number of imide groups is 1. The number of nitrogens with zero attached hydrogens (tertiary/aromatic N) is 2. The van der Waals surface area contributed by atoms with Crippen molar-refractivity contribution in [2.24, 2.45) is 0 Å². The molecule has 1 N–H and O–H groups in total. The normalized spacial score (nSPS) is 22.0. The van der Waals surface area contributed by atoms with Crippen LogP contribution in [0.2, 0.25) is 0 Å². The lowest BCUT2D eigenvalue weighted by Gasteiger charge is -2.38. The van der Waals surface area contributed by atoms with Gasteiger partial charge in [0.2, 0.25) is 11.8 Å². The molecular weight excluding hydrogens is 206 g/mol. The quantitative estimate of drug-likeness (QED) is 0.637. The molecule has 0 bridgehead atoms. The minimum atomic E-state index is -0.00668. The third kappa shape index (κ3) is 2.25. The van der Waals surface area contributed by atoms with Crippen molar-refractivity contribution < 1.29 is 9.59 Å². The highest BCUT2D eigenvalue weighted by molar-refractivity contribution is 6.01. The van der Waals surface area contributed by atoms with Crippen LogP contribution in [0.3, 0.4) is 0 Å². The Bertz CT molecular complexity index is 273. The Morgan fingerprint density at radius 2 is 1.94 bits per heavy atom. The maximum absolute atomic E-state index is 11.4. The molecule has 0 aliphatic carbocycles. The first-order chi connectivity index (χ1) is 7.72. The highest BCUT2D eigenvalue weighted by Crippen LogP contribution is 2.12. The number of carbonyl (C=O) groups is 2. The smallest absolute Gasteiger partial charge is 0.229 e. The number of nitrogens with one attached hydrogen (secondary N) is 1. The van der Waals surface area contributed by atoms with Gasteiger partial charge in [0.05, 0.1) is 0 Å². The summed E-state index contributed by atoms with van der Waals surface area (Å²) in [7, 11) is 0. The molecule has 0 aromatic carbocycles. The molecule has 0 saturated carbocycles. The molecule has 2 aliphatic rings. The molecule has 2 rings (SSSR count). The Hall–Kier alpha value is -0.940. The maximum Gasteiger partial charge on any atom is 0.229 e. The molecule has 16 heavy (non-hydrogen) atoms. The predicted octanol–water partition coefficient (Wildman–Crippen LogP) is -0.571. The van der Waals surface area contributed by atoms with E-state index in [1.54, 1.807) is 0 Å². The molecule has 2 saturated heterocycles. The zero-order valence-corrected chi connectivity index (χ0v) is 9.74. The fourth-order valence-electron chi connectivity index (χ4n) is 2.23. The van der Waals surface area contributed by atoms with Crippen LogP contribution in [-0.4, -0.2) is 60.4 Å². The molecule has 0 spiro atoms. The fourth-order valence-corrected chi connectivity index (χ4v) is 2.23. The number of carbonyl (C=O) groups excluding carboxylic acids is 2. The summed E-state index contributed by atoms with van der Waals surface area (Å²) in [6.07, 6.45) is 0.798. The van der Waals surface area contributed by atoms with Gasteiger partial charge in [-0.1, -0.05) is 6.92 Å². The largest absolute Gasteiger partial charge is 0.314 e. The maximum atomic E-state index is 11.4. The Kier molecular flexibility index (Phi) is 3.56. The zero-order valence-electron chi connectivity index (χ0n) is 9.74. The van der Waals surface area contributed by atoms with E-state index in [2.05, 4.69) is 17.1 Å². The van der Waals surface area contributed by atoms with Gasteiger partial charge in [-0.3, -0.25) is 19.4 Å². The van der Waals surface area contributed by atoms with Crippen molar-refractivity contribution >= 4 is 11.8 Å². The first-order valence-electron chi connectivity index (χ1n) is 6.00.